The van der Waals surface area contributed by atoms with E-state index < -0.39 is 17.6 Å². The van der Waals surface area contributed by atoms with Crippen LogP contribution in [-0.2, 0) is 19.9 Å². The summed E-state index contributed by atoms with van der Waals surface area (Å²) in [6.07, 6.45) is 0.922. The second-order valence-electron chi connectivity index (χ2n) is 4.79. The Morgan fingerprint density at radius 2 is 2.05 bits per heavy atom. The van der Waals surface area contributed by atoms with E-state index in [1.54, 1.807) is 30.3 Å². The summed E-state index contributed by atoms with van der Waals surface area (Å²) in [5, 5.41) is 12.0. The Labute approximate surface area is 111 Å². The van der Waals surface area contributed by atoms with Crippen LogP contribution in [0.3, 0.4) is 0 Å². The molecule has 1 aliphatic rings. The first-order valence-corrected chi connectivity index (χ1v) is 6.26. The molecule has 19 heavy (non-hydrogen) atoms. The molecule has 5 heteroatoms. The van der Waals surface area contributed by atoms with Crippen LogP contribution in [0.1, 0.15) is 25.3 Å². The van der Waals surface area contributed by atoms with Crippen LogP contribution < -0.4 is 5.32 Å². The predicted molar refractivity (Wildman–Crippen MR) is 68.5 cm³/mol. The molecule has 0 radical (unpaired) electrons. The Hall–Kier alpha value is -1.88. The maximum atomic E-state index is 12.0. The molecule has 0 bridgehead atoms. The van der Waals surface area contributed by atoms with Crippen molar-refractivity contribution in [3.8, 4) is 0 Å². The summed E-state index contributed by atoms with van der Waals surface area (Å²) in [6.45, 7) is 2.03. The fraction of sp³-hybridized carbons (Fsp3) is 0.429. The molecule has 1 amide bonds. The third-order valence-corrected chi connectivity index (χ3v) is 3.37. The number of amides is 1. The number of hydrogen-bond donors (Lipinski definition) is 2. The second-order valence-corrected chi connectivity index (χ2v) is 4.79. The maximum absolute atomic E-state index is 12.0. The zero-order chi connectivity index (χ0) is 13.9. The first kappa shape index (κ1) is 13.5. The summed E-state index contributed by atoms with van der Waals surface area (Å²) >= 11 is 0. The first-order valence-electron chi connectivity index (χ1n) is 6.26. The molecule has 1 heterocycles. The van der Waals surface area contributed by atoms with Crippen molar-refractivity contribution < 1.29 is 19.4 Å². The SMILES string of the molecule is CC(NC(=O)[C@H]1CCCO1)(C(=O)O)c1ccccc1. The van der Waals surface area contributed by atoms with Gasteiger partial charge >= 0.3 is 5.97 Å². The van der Waals surface area contributed by atoms with Crippen LogP contribution in [0.4, 0.5) is 0 Å². The van der Waals surface area contributed by atoms with Crippen molar-refractivity contribution in [1.82, 2.24) is 5.32 Å². The standard InChI is InChI=1S/C14H17NO4/c1-14(13(17)18,10-6-3-2-4-7-10)15-12(16)11-8-5-9-19-11/h2-4,6-7,11H,5,8-9H2,1H3,(H,15,16)(H,17,18)/t11-,14?/m1/s1. The van der Waals surface area contributed by atoms with E-state index in [1.807, 2.05) is 0 Å². The van der Waals surface area contributed by atoms with Crippen LogP contribution in [0.25, 0.3) is 0 Å². The van der Waals surface area contributed by atoms with Crippen LogP contribution in [-0.4, -0.2) is 29.7 Å². The van der Waals surface area contributed by atoms with Gasteiger partial charge in [0, 0.05) is 6.61 Å². The van der Waals surface area contributed by atoms with Gasteiger partial charge in [0.05, 0.1) is 0 Å². The molecular formula is C14H17NO4. The van der Waals surface area contributed by atoms with Gasteiger partial charge in [0.15, 0.2) is 5.54 Å². The van der Waals surface area contributed by atoms with Gasteiger partial charge in [-0.25, -0.2) is 4.79 Å². The van der Waals surface area contributed by atoms with E-state index in [1.165, 1.54) is 6.92 Å². The molecule has 0 saturated carbocycles. The van der Waals surface area contributed by atoms with Crippen LogP contribution >= 0.6 is 0 Å². The van der Waals surface area contributed by atoms with Crippen LogP contribution in [0.5, 0.6) is 0 Å². The van der Waals surface area contributed by atoms with Crippen LogP contribution in [0.2, 0.25) is 0 Å². The first-order chi connectivity index (χ1) is 9.04. The molecule has 1 fully saturated rings. The lowest BCUT2D eigenvalue weighted by atomic mass is 9.91. The predicted octanol–water partition coefficient (Wildman–Crippen LogP) is 1.28. The van der Waals surface area contributed by atoms with E-state index in [-0.39, 0.29) is 5.91 Å². The van der Waals surface area contributed by atoms with E-state index in [0.29, 0.717) is 18.6 Å². The largest absolute Gasteiger partial charge is 0.479 e. The fourth-order valence-electron chi connectivity index (χ4n) is 2.13. The van der Waals surface area contributed by atoms with Gasteiger partial charge in [-0.1, -0.05) is 30.3 Å². The lowest BCUT2D eigenvalue weighted by Crippen LogP contribution is -2.52. The number of carboxylic acid groups (broad SMARTS) is 1. The van der Waals surface area contributed by atoms with E-state index >= 15 is 0 Å². The molecule has 0 aromatic heterocycles. The van der Waals surface area contributed by atoms with Gasteiger partial charge in [-0.3, -0.25) is 4.79 Å². The lowest BCUT2D eigenvalue weighted by Gasteiger charge is -2.28. The minimum absolute atomic E-state index is 0.369. The summed E-state index contributed by atoms with van der Waals surface area (Å²) < 4.78 is 5.27. The minimum Gasteiger partial charge on any atom is -0.479 e. The summed E-state index contributed by atoms with van der Waals surface area (Å²) in [5.74, 6) is -1.46. The molecule has 1 aromatic rings. The highest BCUT2D eigenvalue weighted by molar-refractivity contribution is 5.89. The van der Waals surface area contributed by atoms with Crippen molar-refractivity contribution in [1.29, 1.82) is 0 Å². The number of carboxylic acids is 1. The van der Waals surface area contributed by atoms with E-state index in [9.17, 15) is 14.7 Å². The normalized spacial score (nSPS) is 21.6. The summed E-state index contributed by atoms with van der Waals surface area (Å²) in [7, 11) is 0. The number of ether oxygens (including phenoxy) is 1. The molecule has 2 rings (SSSR count). The quantitative estimate of drug-likeness (QED) is 0.858. The zero-order valence-corrected chi connectivity index (χ0v) is 10.8. The molecule has 0 spiro atoms. The molecule has 1 unspecified atom stereocenters. The number of hydrogen-bond acceptors (Lipinski definition) is 3. The van der Waals surface area contributed by atoms with Crippen molar-refractivity contribution in [3.63, 3.8) is 0 Å². The lowest BCUT2D eigenvalue weighted by molar-refractivity contribution is -0.149. The van der Waals surface area contributed by atoms with Gasteiger partial charge in [0.2, 0.25) is 5.91 Å². The molecule has 5 nitrogen and oxygen atoms in total. The average molecular weight is 263 g/mol. The van der Waals surface area contributed by atoms with Crippen molar-refractivity contribution in [3.05, 3.63) is 35.9 Å². The third kappa shape index (κ3) is 2.76. The van der Waals surface area contributed by atoms with Gasteiger partial charge in [0.1, 0.15) is 6.10 Å². The highest BCUT2D eigenvalue weighted by Crippen LogP contribution is 2.22. The zero-order valence-electron chi connectivity index (χ0n) is 10.8. The molecule has 2 N–H and O–H groups in total. The summed E-state index contributed by atoms with van der Waals surface area (Å²) in [4.78, 5) is 23.6. The number of aliphatic carboxylic acids is 1. The molecule has 0 aliphatic carbocycles. The monoisotopic (exact) mass is 263 g/mol. The molecule has 102 valence electrons. The number of nitrogens with one attached hydrogen (secondary N) is 1. The fourth-order valence-corrected chi connectivity index (χ4v) is 2.13. The topological polar surface area (TPSA) is 75.6 Å². The minimum atomic E-state index is -1.44. The average Bonchev–Trinajstić information content (AvgIpc) is 2.93. The maximum Gasteiger partial charge on any atom is 0.333 e. The Morgan fingerprint density at radius 1 is 1.37 bits per heavy atom. The Balaban J connectivity index is 2.20. The van der Waals surface area contributed by atoms with Gasteiger partial charge in [-0.2, -0.15) is 0 Å². The van der Waals surface area contributed by atoms with Crippen molar-refractivity contribution in [2.24, 2.45) is 0 Å². The third-order valence-electron chi connectivity index (χ3n) is 3.37. The van der Waals surface area contributed by atoms with Crippen molar-refractivity contribution >= 4 is 11.9 Å². The van der Waals surface area contributed by atoms with Gasteiger partial charge in [0.25, 0.3) is 0 Å². The highest BCUT2D eigenvalue weighted by atomic mass is 16.5. The number of carbonyl (C=O) groups is 2. The Kier molecular flexibility index (Phi) is 3.85. The Morgan fingerprint density at radius 3 is 2.58 bits per heavy atom. The smallest absolute Gasteiger partial charge is 0.333 e. The molecule has 2 atom stereocenters. The van der Waals surface area contributed by atoms with E-state index in [0.717, 1.165) is 6.42 Å². The van der Waals surface area contributed by atoms with Gasteiger partial charge < -0.3 is 15.2 Å². The van der Waals surface area contributed by atoms with E-state index in [2.05, 4.69) is 5.32 Å². The van der Waals surface area contributed by atoms with Crippen LogP contribution in [0.15, 0.2) is 30.3 Å². The van der Waals surface area contributed by atoms with Gasteiger partial charge in [-0.05, 0) is 25.3 Å². The molecular weight excluding hydrogens is 246 g/mol. The number of benzene rings is 1. The van der Waals surface area contributed by atoms with E-state index in [4.69, 9.17) is 4.74 Å². The molecule has 1 aliphatic heterocycles. The second kappa shape index (κ2) is 5.40. The number of carbonyl (C=O) groups excluding carboxylic acids is 1. The summed E-state index contributed by atoms with van der Waals surface area (Å²) in [5.41, 5.74) is -0.904. The summed E-state index contributed by atoms with van der Waals surface area (Å²) in [6, 6.07) is 8.66. The van der Waals surface area contributed by atoms with Gasteiger partial charge in [-0.15, -0.1) is 0 Å². The van der Waals surface area contributed by atoms with Crippen LogP contribution in [0, 0.1) is 0 Å². The van der Waals surface area contributed by atoms with Crippen molar-refractivity contribution in [2.75, 3.05) is 6.61 Å². The number of rotatable bonds is 4. The highest BCUT2D eigenvalue weighted by Gasteiger charge is 2.39. The molecule has 1 aromatic carbocycles. The van der Waals surface area contributed by atoms with Crippen molar-refractivity contribution in [2.45, 2.75) is 31.4 Å². The Bertz CT molecular complexity index is 468. The molecule has 1 saturated heterocycles.